The van der Waals surface area contributed by atoms with Crippen molar-refractivity contribution in [3.8, 4) is 0 Å². The van der Waals surface area contributed by atoms with Crippen LogP contribution < -0.4 is 11.1 Å². The van der Waals surface area contributed by atoms with E-state index < -0.39 is 18.1 Å². The second kappa shape index (κ2) is 7.19. The van der Waals surface area contributed by atoms with Crippen LogP contribution in [0.3, 0.4) is 0 Å². The molecule has 6 heteroatoms. The quantitative estimate of drug-likeness (QED) is 0.510. The third kappa shape index (κ3) is 5.67. The van der Waals surface area contributed by atoms with Crippen molar-refractivity contribution in [1.29, 1.82) is 0 Å². The summed E-state index contributed by atoms with van der Waals surface area (Å²) in [5.41, 5.74) is 5.60. The minimum atomic E-state index is -1.35. The molecule has 2 atom stereocenters. The summed E-state index contributed by atoms with van der Waals surface area (Å²) in [5.74, 6) is -0.847. The molecule has 0 saturated carbocycles. The smallest absolute Gasteiger partial charge is 0.336 e. The molecule has 4 N–H and O–H groups in total. The fraction of sp³-hybridized carbons (Fsp3) is 0.800. The molecule has 0 aliphatic rings. The number of amides is 1. The van der Waals surface area contributed by atoms with Gasteiger partial charge in [-0.25, -0.2) is 4.79 Å². The van der Waals surface area contributed by atoms with Crippen molar-refractivity contribution < 1.29 is 19.4 Å². The Hall–Kier alpha value is -1.14. The van der Waals surface area contributed by atoms with Gasteiger partial charge in [0.05, 0.1) is 19.7 Å². The highest BCUT2D eigenvalue weighted by Gasteiger charge is 2.19. The Bertz CT molecular complexity index is 243. The summed E-state index contributed by atoms with van der Waals surface area (Å²) in [6.45, 7) is 3.73. The third-order valence-electron chi connectivity index (χ3n) is 2.01. The number of ether oxygens (including phenoxy) is 1. The van der Waals surface area contributed by atoms with Crippen LogP contribution in [0.15, 0.2) is 0 Å². The van der Waals surface area contributed by atoms with Crippen LogP contribution in [0.25, 0.3) is 0 Å². The zero-order valence-corrected chi connectivity index (χ0v) is 9.90. The molecule has 0 aliphatic carbocycles. The fourth-order valence-electron chi connectivity index (χ4n) is 1.16. The van der Waals surface area contributed by atoms with Crippen molar-refractivity contribution in [2.45, 2.75) is 32.4 Å². The Morgan fingerprint density at radius 1 is 1.44 bits per heavy atom. The summed E-state index contributed by atoms with van der Waals surface area (Å²) < 4.78 is 4.30. The second-order valence-electron chi connectivity index (χ2n) is 4.02. The molecule has 0 aromatic carbocycles. The molecule has 16 heavy (non-hydrogen) atoms. The molecule has 0 aromatic heterocycles. The van der Waals surface area contributed by atoms with Gasteiger partial charge in [-0.05, 0) is 12.3 Å². The summed E-state index contributed by atoms with van der Waals surface area (Å²) in [6, 6.07) is -0.621. The Morgan fingerprint density at radius 3 is 2.44 bits per heavy atom. The molecule has 0 heterocycles. The molecule has 0 radical (unpaired) electrons. The van der Waals surface area contributed by atoms with Crippen molar-refractivity contribution >= 4 is 11.9 Å². The van der Waals surface area contributed by atoms with E-state index in [0.717, 1.165) is 7.11 Å². The highest BCUT2D eigenvalue weighted by atomic mass is 16.5. The number of carbonyl (C=O) groups is 2. The first-order valence-electron chi connectivity index (χ1n) is 5.17. The number of hydrogen-bond acceptors (Lipinski definition) is 5. The molecule has 0 rings (SSSR count). The molecular weight excluding hydrogens is 212 g/mol. The van der Waals surface area contributed by atoms with Crippen molar-refractivity contribution in [2.24, 2.45) is 11.7 Å². The number of rotatable bonds is 6. The maximum absolute atomic E-state index is 11.4. The van der Waals surface area contributed by atoms with E-state index in [1.807, 2.05) is 13.8 Å². The van der Waals surface area contributed by atoms with Gasteiger partial charge < -0.3 is 20.9 Å². The molecular formula is C10H20N2O4. The average molecular weight is 232 g/mol. The van der Waals surface area contributed by atoms with Crippen LogP contribution in [-0.4, -0.2) is 42.8 Å². The van der Waals surface area contributed by atoms with Crippen LogP contribution >= 0.6 is 0 Å². The highest BCUT2D eigenvalue weighted by Crippen LogP contribution is 2.02. The van der Waals surface area contributed by atoms with E-state index in [2.05, 4.69) is 10.1 Å². The minimum absolute atomic E-state index is 0.183. The number of nitrogens with one attached hydrogen (secondary N) is 1. The number of esters is 1. The van der Waals surface area contributed by atoms with E-state index in [-0.39, 0.29) is 12.5 Å². The Morgan fingerprint density at radius 2 is 2.00 bits per heavy atom. The number of nitrogens with two attached hydrogens (primary N) is 1. The van der Waals surface area contributed by atoms with Crippen molar-refractivity contribution in [3.63, 3.8) is 0 Å². The highest BCUT2D eigenvalue weighted by molar-refractivity contribution is 5.82. The van der Waals surface area contributed by atoms with Gasteiger partial charge >= 0.3 is 5.97 Å². The predicted octanol–water partition coefficient (Wildman–Crippen LogP) is -0.990. The summed E-state index contributed by atoms with van der Waals surface area (Å²) >= 11 is 0. The Labute approximate surface area is 95.1 Å². The average Bonchev–Trinajstić information content (AvgIpc) is 2.23. The SMILES string of the molecule is COC(=O)C(O)CNC(=O)[C@H](N)CC(C)C. The summed E-state index contributed by atoms with van der Waals surface area (Å²) in [5, 5.41) is 11.6. The van der Waals surface area contributed by atoms with Crippen molar-refractivity contribution in [2.75, 3.05) is 13.7 Å². The molecule has 0 bridgehead atoms. The molecule has 0 fully saturated rings. The van der Waals surface area contributed by atoms with E-state index in [4.69, 9.17) is 5.73 Å². The van der Waals surface area contributed by atoms with Crippen LogP contribution in [0.1, 0.15) is 20.3 Å². The van der Waals surface area contributed by atoms with E-state index in [1.54, 1.807) is 0 Å². The maximum atomic E-state index is 11.4. The van der Waals surface area contributed by atoms with E-state index in [1.165, 1.54) is 0 Å². The maximum Gasteiger partial charge on any atom is 0.336 e. The molecule has 1 unspecified atom stereocenters. The van der Waals surface area contributed by atoms with Gasteiger partial charge in [-0.15, -0.1) is 0 Å². The topological polar surface area (TPSA) is 102 Å². The first kappa shape index (κ1) is 14.9. The van der Waals surface area contributed by atoms with Crippen molar-refractivity contribution in [3.05, 3.63) is 0 Å². The van der Waals surface area contributed by atoms with E-state index in [0.29, 0.717) is 12.3 Å². The van der Waals surface area contributed by atoms with Crippen LogP contribution in [-0.2, 0) is 14.3 Å². The predicted molar refractivity (Wildman–Crippen MR) is 58.5 cm³/mol. The van der Waals surface area contributed by atoms with E-state index in [9.17, 15) is 14.7 Å². The van der Waals surface area contributed by atoms with Crippen LogP contribution in [0.5, 0.6) is 0 Å². The molecule has 0 spiro atoms. The Kier molecular flexibility index (Phi) is 6.67. The summed E-state index contributed by atoms with van der Waals surface area (Å²) in [4.78, 5) is 22.2. The Balaban J connectivity index is 3.93. The van der Waals surface area contributed by atoms with Gasteiger partial charge in [-0.1, -0.05) is 13.8 Å². The third-order valence-corrected chi connectivity index (χ3v) is 2.01. The number of aliphatic hydroxyl groups is 1. The van der Waals surface area contributed by atoms with Gasteiger partial charge in [-0.2, -0.15) is 0 Å². The zero-order chi connectivity index (χ0) is 12.7. The minimum Gasteiger partial charge on any atom is -0.467 e. The molecule has 94 valence electrons. The molecule has 1 amide bonds. The molecule has 0 aliphatic heterocycles. The van der Waals surface area contributed by atoms with Crippen molar-refractivity contribution in [1.82, 2.24) is 5.32 Å². The number of carbonyl (C=O) groups excluding carboxylic acids is 2. The lowest BCUT2D eigenvalue weighted by atomic mass is 10.0. The first-order chi connectivity index (χ1) is 7.38. The lowest BCUT2D eigenvalue weighted by Gasteiger charge is -2.15. The monoisotopic (exact) mass is 232 g/mol. The van der Waals surface area contributed by atoms with Gasteiger partial charge in [0.15, 0.2) is 6.10 Å². The van der Waals surface area contributed by atoms with Gasteiger partial charge in [0, 0.05) is 0 Å². The van der Waals surface area contributed by atoms with Gasteiger partial charge in [0.25, 0.3) is 0 Å². The molecule has 0 aromatic rings. The first-order valence-corrected chi connectivity index (χ1v) is 5.17. The standard InChI is InChI=1S/C10H20N2O4/c1-6(2)4-7(11)9(14)12-5-8(13)10(15)16-3/h6-8,13H,4-5,11H2,1-3H3,(H,12,14)/t7-,8?/m1/s1. The van der Waals surface area contributed by atoms with Gasteiger partial charge in [0.2, 0.25) is 5.91 Å². The number of methoxy groups -OCH3 is 1. The van der Waals surface area contributed by atoms with Crippen LogP contribution in [0.4, 0.5) is 0 Å². The number of aliphatic hydroxyl groups excluding tert-OH is 1. The summed E-state index contributed by atoms with van der Waals surface area (Å²) in [7, 11) is 1.16. The van der Waals surface area contributed by atoms with Crippen LogP contribution in [0.2, 0.25) is 0 Å². The van der Waals surface area contributed by atoms with E-state index >= 15 is 0 Å². The molecule has 0 saturated heterocycles. The zero-order valence-electron chi connectivity index (χ0n) is 9.90. The largest absolute Gasteiger partial charge is 0.467 e. The number of hydrogen-bond donors (Lipinski definition) is 3. The second-order valence-corrected chi connectivity index (χ2v) is 4.02. The van der Waals surface area contributed by atoms with Gasteiger partial charge in [-0.3, -0.25) is 4.79 Å². The molecule has 6 nitrogen and oxygen atoms in total. The normalized spacial score (nSPS) is 14.4. The van der Waals surface area contributed by atoms with Crippen LogP contribution in [0, 0.1) is 5.92 Å². The summed E-state index contributed by atoms with van der Waals surface area (Å²) in [6.07, 6.45) is -0.791. The lowest BCUT2D eigenvalue weighted by molar-refractivity contribution is -0.150. The lowest BCUT2D eigenvalue weighted by Crippen LogP contribution is -2.45. The van der Waals surface area contributed by atoms with Gasteiger partial charge in [0.1, 0.15) is 0 Å². The fourth-order valence-corrected chi connectivity index (χ4v) is 1.16.